The number of carboxylic acids is 1. The molecule has 1 N–H and O–H groups in total. The summed E-state index contributed by atoms with van der Waals surface area (Å²) < 4.78 is 2.01. The zero-order chi connectivity index (χ0) is 18.0. The quantitative estimate of drug-likeness (QED) is 0.885. The Morgan fingerprint density at radius 3 is 2.84 bits per heavy atom. The van der Waals surface area contributed by atoms with E-state index in [1.807, 2.05) is 34.8 Å². The van der Waals surface area contributed by atoms with Crippen molar-refractivity contribution in [1.29, 1.82) is 0 Å². The van der Waals surface area contributed by atoms with Crippen LogP contribution in [0, 0.1) is 13.8 Å². The number of nitrogens with zero attached hydrogens (tertiary/aromatic N) is 3. The molecule has 0 saturated carbocycles. The van der Waals surface area contributed by atoms with Crippen LogP contribution < -0.4 is 0 Å². The molecule has 3 rings (SSSR count). The molecule has 1 unspecified atom stereocenters. The van der Waals surface area contributed by atoms with Gasteiger partial charge >= 0.3 is 5.97 Å². The minimum Gasteiger partial charge on any atom is -0.481 e. The molecule has 0 aromatic carbocycles. The Morgan fingerprint density at radius 1 is 1.36 bits per heavy atom. The van der Waals surface area contributed by atoms with E-state index in [4.69, 9.17) is 5.11 Å². The third-order valence-corrected chi connectivity index (χ3v) is 5.61. The van der Waals surface area contributed by atoms with Crippen LogP contribution >= 0.6 is 11.3 Å². The number of carbonyl (C=O) groups excluding carboxylic acids is 1. The number of likely N-dealkylation sites (tertiary alicyclic amines) is 1. The van der Waals surface area contributed by atoms with Gasteiger partial charge in [0.2, 0.25) is 0 Å². The molecule has 1 aliphatic heterocycles. The van der Waals surface area contributed by atoms with Crippen LogP contribution in [0.5, 0.6) is 0 Å². The molecule has 2 aromatic heterocycles. The predicted molar refractivity (Wildman–Crippen MR) is 96.5 cm³/mol. The highest BCUT2D eigenvalue weighted by Gasteiger charge is 2.30. The van der Waals surface area contributed by atoms with E-state index in [2.05, 4.69) is 4.98 Å². The van der Waals surface area contributed by atoms with E-state index in [1.54, 1.807) is 6.20 Å². The van der Waals surface area contributed by atoms with Crippen molar-refractivity contribution in [2.75, 3.05) is 6.54 Å². The van der Waals surface area contributed by atoms with E-state index in [9.17, 15) is 9.59 Å². The number of carboxylic acid groups (broad SMARTS) is 1. The molecule has 0 aliphatic carbocycles. The summed E-state index contributed by atoms with van der Waals surface area (Å²) in [5, 5.41) is 11.7. The highest BCUT2D eigenvalue weighted by molar-refractivity contribution is 7.12. The highest BCUT2D eigenvalue weighted by Crippen LogP contribution is 2.27. The number of carbonyl (C=O) groups is 2. The van der Waals surface area contributed by atoms with Crippen molar-refractivity contribution in [3.8, 4) is 5.13 Å². The van der Waals surface area contributed by atoms with Crippen LogP contribution in [0.4, 0.5) is 0 Å². The smallest absolute Gasteiger partial charge is 0.303 e. The third kappa shape index (κ3) is 3.61. The summed E-state index contributed by atoms with van der Waals surface area (Å²) in [6.07, 6.45) is 5.28. The second-order valence-electron chi connectivity index (χ2n) is 6.52. The van der Waals surface area contributed by atoms with Gasteiger partial charge in [0.05, 0.1) is 5.56 Å². The molecular weight excluding hydrogens is 338 g/mol. The Kier molecular flexibility index (Phi) is 5.22. The fourth-order valence-corrected chi connectivity index (χ4v) is 4.36. The average molecular weight is 361 g/mol. The number of thiazole rings is 1. The van der Waals surface area contributed by atoms with Crippen molar-refractivity contribution in [2.24, 2.45) is 0 Å². The fourth-order valence-electron chi connectivity index (χ4n) is 3.61. The SMILES string of the molecule is Cc1cc(C(=O)N2CCCCC2CCC(=O)O)c(C)n1-c1nccs1. The first-order valence-electron chi connectivity index (χ1n) is 8.60. The van der Waals surface area contributed by atoms with Gasteiger partial charge in [-0.25, -0.2) is 4.98 Å². The number of aryl methyl sites for hydroxylation is 1. The number of aromatic nitrogens is 2. The lowest BCUT2D eigenvalue weighted by atomic mass is 9.97. The first-order valence-corrected chi connectivity index (χ1v) is 9.48. The maximum Gasteiger partial charge on any atom is 0.303 e. The van der Waals surface area contributed by atoms with E-state index in [1.165, 1.54) is 11.3 Å². The molecule has 0 bridgehead atoms. The fraction of sp³-hybridized carbons (Fsp3) is 0.500. The van der Waals surface area contributed by atoms with Crippen LogP contribution in [0.1, 0.15) is 53.8 Å². The zero-order valence-corrected chi connectivity index (χ0v) is 15.4. The second kappa shape index (κ2) is 7.39. The molecule has 6 nitrogen and oxygen atoms in total. The Labute approximate surface area is 151 Å². The van der Waals surface area contributed by atoms with E-state index >= 15 is 0 Å². The van der Waals surface area contributed by atoms with Crippen LogP contribution in [-0.4, -0.2) is 44.0 Å². The van der Waals surface area contributed by atoms with E-state index in [-0.39, 0.29) is 18.4 Å². The minimum absolute atomic E-state index is 0.00555. The van der Waals surface area contributed by atoms with Crippen molar-refractivity contribution in [3.05, 3.63) is 34.6 Å². The molecule has 3 heterocycles. The number of rotatable bonds is 5. The normalized spacial score (nSPS) is 17.7. The first-order chi connectivity index (χ1) is 12.0. The number of amides is 1. The summed E-state index contributed by atoms with van der Waals surface area (Å²) in [5.41, 5.74) is 2.56. The van der Waals surface area contributed by atoms with Crippen LogP contribution in [0.3, 0.4) is 0 Å². The minimum atomic E-state index is -0.806. The number of hydrogen-bond acceptors (Lipinski definition) is 4. The van der Waals surface area contributed by atoms with Gasteiger partial charge in [-0.2, -0.15) is 0 Å². The molecule has 7 heteroatoms. The van der Waals surface area contributed by atoms with E-state index < -0.39 is 5.97 Å². The largest absolute Gasteiger partial charge is 0.481 e. The summed E-state index contributed by atoms with van der Waals surface area (Å²) in [6, 6.07) is 1.93. The maximum atomic E-state index is 13.2. The van der Waals surface area contributed by atoms with Gasteiger partial charge in [0.15, 0.2) is 5.13 Å². The first kappa shape index (κ1) is 17.7. The molecule has 1 fully saturated rings. The van der Waals surface area contributed by atoms with Crippen molar-refractivity contribution >= 4 is 23.2 Å². The molecule has 1 saturated heterocycles. The van der Waals surface area contributed by atoms with Crippen LogP contribution in [0.25, 0.3) is 5.13 Å². The third-order valence-electron chi connectivity index (χ3n) is 4.85. The summed E-state index contributed by atoms with van der Waals surface area (Å²) >= 11 is 1.54. The van der Waals surface area contributed by atoms with Gasteiger partial charge in [0.25, 0.3) is 5.91 Å². The van der Waals surface area contributed by atoms with Crippen molar-refractivity contribution in [3.63, 3.8) is 0 Å². The molecule has 0 spiro atoms. The predicted octanol–water partition coefficient (Wildman–Crippen LogP) is 3.41. The molecular formula is C18H23N3O3S. The summed E-state index contributed by atoms with van der Waals surface area (Å²) in [6.45, 7) is 4.62. The monoisotopic (exact) mass is 361 g/mol. The molecule has 0 radical (unpaired) electrons. The van der Waals surface area contributed by atoms with Crippen LogP contribution in [-0.2, 0) is 4.79 Å². The molecule has 25 heavy (non-hydrogen) atoms. The van der Waals surface area contributed by atoms with Gasteiger partial charge in [-0.3, -0.25) is 14.2 Å². The van der Waals surface area contributed by atoms with Gasteiger partial charge in [0.1, 0.15) is 0 Å². The molecule has 1 amide bonds. The lowest BCUT2D eigenvalue weighted by Crippen LogP contribution is -2.44. The topological polar surface area (TPSA) is 75.4 Å². The Morgan fingerprint density at radius 2 is 2.16 bits per heavy atom. The molecule has 1 aliphatic rings. The van der Waals surface area contributed by atoms with Crippen molar-refractivity contribution < 1.29 is 14.7 Å². The lowest BCUT2D eigenvalue weighted by Gasteiger charge is -2.35. The Bertz CT molecular complexity index is 767. The molecule has 2 aromatic rings. The van der Waals surface area contributed by atoms with E-state index in [0.29, 0.717) is 18.5 Å². The Hall–Kier alpha value is -2.15. The Balaban J connectivity index is 1.86. The molecule has 134 valence electrons. The van der Waals surface area contributed by atoms with Crippen LogP contribution in [0.15, 0.2) is 17.6 Å². The lowest BCUT2D eigenvalue weighted by molar-refractivity contribution is -0.137. The van der Waals surface area contributed by atoms with Gasteiger partial charge < -0.3 is 10.0 Å². The molecule has 1 atom stereocenters. The summed E-state index contributed by atoms with van der Waals surface area (Å²) in [4.78, 5) is 30.3. The highest BCUT2D eigenvalue weighted by atomic mass is 32.1. The average Bonchev–Trinajstić information content (AvgIpc) is 3.20. The number of aliphatic carboxylic acids is 1. The van der Waals surface area contributed by atoms with Crippen LogP contribution in [0.2, 0.25) is 0 Å². The summed E-state index contributed by atoms with van der Waals surface area (Å²) in [5.74, 6) is -0.800. The standard InChI is InChI=1S/C18H23N3O3S/c1-12-11-15(13(2)21(12)18-19-8-10-25-18)17(24)20-9-4-3-5-14(20)6-7-16(22)23/h8,10-11,14H,3-7,9H2,1-2H3,(H,22,23). The van der Waals surface area contributed by atoms with Gasteiger partial charge in [-0.1, -0.05) is 0 Å². The van der Waals surface area contributed by atoms with Crippen molar-refractivity contribution in [1.82, 2.24) is 14.5 Å². The summed E-state index contributed by atoms with van der Waals surface area (Å²) in [7, 11) is 0. The zero-order valence-electron chi connectivity index (χ0n) is 14.6. The van der Waals surface area contributed by atoms with Gasteiger partial charge in [-0.15, -0.1) is 11.3 Å². The number of hydrogen-bond donors (Lipinski definition) is 1. The second-order valence-corrected chi connectivity index (χ2v) is 7.39. The number of piperidine rings is 1. The maximum absolute atomic E-state index is 13.2. The van der Waals surface area contributed by atoms with Gasteiger partial charge in [0, 0.05) is 42.0 Å². The van der Waals surface area contributed by atoms with Gasteiger partial charge in [-0.05, 0) is 45.6 Å². The van der Waals surface area contributed by atoms with E-state index in [0.717, 1.165) is 35.8 Å². The van der Waals surface area contributed by atoms with Crippen molar-refractivity contribution in [2.45, 2.75) is 52.0 Å².